The SMILES string of the molecule is Cc1cc(OC(C)C)ccc1C(=O)C(C)(C)N(O)C(=O)c1cn(C)nc1C(F)F. The molecule has 1 N–H and O–H groups in total. The van der Waals surface area contributed by atoms with E-state index in [1.54, 1.807) is 25.1 Å². The van der Waals surface area contributed by atoms with Crippen LogP contribution in [0.15, 0.2) is 24.4 Å². The predicted molar refractivity (Wildman–Crippen MR) is 101 cm³/mol. The summed E-state index contributed by atoms with van der Waals surface area (Å²) in [6.07, 6.45) is -1.96. The molecular formula is C20H25F2N3O4. The summed E-state index contributed by atoms with van der Waals surface area (Å²) in [5.74, 6) is -1.10. The van der Waals surface area contributed by atoms with Crippen molar-refractivity contribution in [1.82, 2.24) is 14.8 Å². The second-order valence-corrected chi connectivity index (χ2v) is 7.55. The first-order valence-electron chi connectivity index (χ1n) is 9.03. The van der Waals surface area contributed by atoms with Gasteiger partial charge in [0.05, 0.1) is 11.7 Å². The van der Waals surface area contributed by atoms with Crippen molar-refractivity contribution in [3.63, 3.8) is 0 Å². The number of carbonyl (C=O) groups is 2. The number of hydrogen-bond acceptors (Lipinski definition) is 5. The highest BCUT2D eigenvalue weighted by Gasteiger charge is 2.40. The van der Waals surface area contributed by atoms with Crippen LogP contribution in [-0.2, 0) is 7.05 Å². The van der Waals surface area contributed by atoms with Gasteiger partial charge in [-0.2, -0.15) is 5.10 Å². The van der Waals surface area contributed by atoms with Crippen LogP contribution in [0, 0.1) is 6.92 Å². The van der Waals surface area contributed by atoms with E-state index in [2.05, 4.69) is 5.10 Å². The summed E-state index contributed by atoms with van der Waals surface area (Å²) in [5.41, 5.74) is -2.07. The number of benzene rings is 1. The largest absolute Gasteiger partial charge is 0.491 e. The molecule has 0 aliphatic heterocycles. The number of nitrogens with zero attached hydrogens (tertiary/aromatic N) is 3. The van der Waals surface area contributed by atoms with Crippen molar-refractivity contribution >= 4 is 11.7 Å². The topological polar surface area (TPSA) is 84.7 Å². The molecule has 0 radical (unpaired) electrons. The van der Waals surface area contributed by atoms with Gasteiger partial charge in [0, 0.05) is 18.8 Å². The Balaban J connectivity index is 2.34. The summed E-state index contributed by atoms with van der Waals surface area (Å²) >= 11 is 0. The number of aryl methyl sites for hydroxylation is 2. The lowest BCUT2D eigenvalue weighted by molar-refractivity contribution is -0.106. The molecule has 2 rings (SSSR count). The Bertz CT molecular complexity index is 922. The molecule has 0 bridgehead atoms. The van der Waals surface area contributed by atoms with E-state index in [0.29, 0.717) is 11.3 Å². The summed E-state index contributed by atoms with van der Waals surface area (Å²) in [7, 11) is 1.38. The molecule has 0 saturated carbocycles. The van der Waals surface area contributed by atoms with Crippen LogP contribution in [0.2, 0.25) is 0 Å². The fourth-order valence-electron chi connectivity index (χ4n) is 2.86. The van der Waals surface area contributed by atoms with Crippen molar-refractivity contribution in [2.75, 3.05) is 0 Å². The van der Waals surface area contributed by atoms with E-state index in [1.807, 2.05) is 13.8 Å². The molecule has 1 heterocycles. The summed E-state index contributed by atoms with van der Waals surface area (Å²) in [4.78, 5) is 25.7. The summed E-state index contributed by atoms with van der Waals surface area (Å²) in [6, 6.07) is 4.85. The molecule has 7 nitrogen and oxygen atoms in total. The Labute approximate surface area is 167 Å². The molecule has 9 heteroatoms. The molecule has 0 atom stereocenters. The lowest BCUT2D eigenvalue weighted by Gasteiger charge is -2.32. The minimum atomic E-state index is -3.00. The van der Waals surface area contributed by atoms with Crippen LogP contribution in [0.1, 0.15) is 66.1 Å². The first kappa shape index (κ1) is 22.5. The van der Waals surface area contributed by atoms with Crippen LogP contribution in [0.3, 0.4) is 0 Å². The van der Waals surface area contributed by atoms with Crippen LogP contribution in [0.4, 0.5) is 8.78 Å². The lowest BCUT2D eigenvalue weighted by atomic mass is 9.89. The summed E-state index contributed by atoms with van der Waals surface area (Å²) < 4.78 is 33.0. The van der Waals surface area contributed by atoms with Gasteiger partial charge in [-0.25, -0.2) is 13.8 Å². The highest BCUT2D eigenvalue weighted by Crippen LogP contribution is 2.28. The zero-order valence-corrected chi connectivity index (χ0v) is 17.2. The number of rotatable bonds is 7. The molecule has 0 unspecified atom stereocenters. The molecule has 0 aliphatic carbocycles. The smallest absolute Gasteiger partial charge is 0.282 e. The van der Waals surface area contributed by atoms with Gasteiger partial charge in [-0.1, -0.05) is 0 Å². The van der Waals surface area contributed by atoms with Gasteiger partial charge in [0.2, 0.25) is 0 Å². The quantitative estimate of drug-likeness (QED) is 0.425. The number of ketones is 1. The minimum Gasteiger partial charge on any atom is -0.491 e. The van der Waals surface area contributed by atoms with Crippen LogP contribution in [0.5, 0.6) is 5.75 Å². The van der Waals surface area contributed by atoms with Crippen LogP contribution in [-0.4, -0.2) is 43.4 Å². The van der Waals surface area contributed by atoms with E-state index in [-0.39, 0.29) is 16.7 Å². The molecule has 1 aromatic carbocycles. The number of Topliss-reactive ketones (excluding diaryl/α,β-unsaturated/α-hetero) is 1. The maximum atomic E-state index is 13.2. The molecule has 1 amide bonds. The highest BCUT2D eigenvalue weighted by atomic mass is 19.3. The standard InChI is InChI=1S/C20H25F2N3O4/c1-11(2)29-13-7-8-14(12(3)9-13)17(26)20(4,5)25(28)19(27)15-10-24(6)23-16(15)18(21)22/h7-11,18,28H,1-6H3. The van der Waals surface area contributed by atoms with E-state index in [4.69, 9.17) is 4.74 Å². The number of hydrogen-bond donors (Lipinski definition) is 1. The maximum absolute atomic E-state index is 13.2. The average Bonchev–Trinajstić information content (AvgIpc) is 3.01. The van der Waals surface area contributed by atoms with E-state index in [0.717, 1.165) is 10.9 Å². The number of amides is 1. The predicted octanol–water partition coefficient (Wildman–Crippen LogP) is 3.95. The van der Waals surface area contributed by atoms with Gasteiger partial charge in [0.1, 0.15) is 17.0 Å². The van der Waals surface area contributed by atoms with Crippen LogP contribution >= 0.6 is 0 Å². The molecular weight excluding hydrogens is 384 g/mol. The Hall–Kier alpha value is -2.81. The Morgan fingerprint density at radius 1 is 1.24 bits per heavy atom. The Morgan fingerprint density at radius 2 is 1.86 bits per heavy atom. The van der Waals surface area contributed by atoms with Crippen molar-refractivity contribution in [2.45, 2.75) is 52.7 Å². The van der Waals surface area contributed by atoms with Gasteiger partial charge in [-0.05, 0) is 58.4 Å². The molecule has 0 aliphatic rings. The van der Waals surface area contributed by atoms with Crippen molar-refractivity contribution in [3.8, 4) is 5.75 Å². The number of aromatic nitrogens is 2. The van der Waals surface area contributed by atoms with Gasteiger partial charge in [0.25, 0.3) is 12.3 Å². The molecule has 1 aromatic heterocycles. The van der Waals surface area contributed by atoms with E-state index >= 15 is 0 Å². The molecule has 0 fully saturated rings. The molecule has 0 saturated heterocycles. The highest BCUT2D eigenvalue weighted by molar-refractivity contribution is 6.07. The van der Waals surface area contributed by atoms with E-state index in [9.17, 15) is 23.6 Å². The molecule has 158 valence electrons. The van der Waals surface area contributed by atoms with Crippen molar-refractivity contribution in [2.24, 2.45) is 7.05 Å². The monoisotopic (exact) mass is 409 g/mol. The van der Waals surface area contributed by atoms with Gasteiger partial charge in [0.15, 0.2) is 5.78 Å². The summed E-state index contributed by atoms with van der Waals surface area (Å²) in [6.45, 7) is 8.13. The van der Waals surface area contributed by atoms with Crippen LogP contribution < -0.4 is 4.74 Å². The summed E-state index contributed by atoms with van der Waals surface area (Å²) in [5, 5.41) is 14.2. The second-order valence-electron chi connectivity index (χ2n) is 7.55. The third-order valence-corrected chi connectivity index (χ3v) is 4.39. The number of halogens is 2. The molecule has 29 heavy (non-hydrogen) atoms. The fraction of sp³-hybridized carbons (Fsp3) is 0.450. The molecule has 2 aromatic rings. The third kappa shape index (κ3) is 4.61. The molecule has 0 spiro atoms. The second kappa shape index (κ2) is 8.28. The van der Waals surface area contributed by atoms with Gasteiger partial charge < -0.3 is 4.74 Å². The normalized spacial score (nSPS) is 11.8. The number of alkyl halides is 2. The first-order chi connectivity index (χ1) is 13.4. The lowest BCUT2D eigenvalue weighted by Crippen LogP contribution is -2.51. The van der Waals surface area contributed by atoms with E-state index < -0.39 is 34.9 Å². The zero-order valence-electron chi connectivity index (χ0n) is 17.2. The van der Waals surface area contributed by atoms with Crippen LogP contribution in [0.25, 0.3) is 0 Å². The number of carbonyl (C=O) groups excluding carboxylic acids is 2. The number of ether oxygens (including phenoxy) is 1. The average molecular weight is 409 g/mol. The van der Waals surface area contributed by atoms with Gasteiger partial charge in [-0.3, -0.25) is 19.5 Å². The van der Waals surface area contributed by atoms with Gasteiger partial charge in [-0.15, -0.1) is 0 Å². The van der Waals surface area contributed by atoms with Crippen molar-refractivity contribution in [1.29, 1.82) is 0 Å². The van der Waals surface area contributed by atoms with Gasteiger partial charge >= 0.3 is 0 Å². The zero-order chi connectivity index (χ0) is 22.1. The maximum Gasteiger partial charge on any atom is 0.282 e. The third-order valence-electron chi connectivity index (χ3n) is 4.39. The Morgan fingerprint density at radius 3 is 2.38 bits per heavy atom. The van der Waals surface area contributed by atoms with E-state index in [1.165, 1.54) is 20.9 Å². The first-order valence-corrected chi connectivity index (χ1v) is 9.03. The van der Waals surface area contributed by atoms with Crippen molar-refractivity contribution in [3.05, 3.63) is 46.8 Å². The Kier molecular flexibility index (Phi) is 6.42. The number of hydroxylamine groups is 2. The minimum absolute atomic E-state index is 0.0403. The van der Waals surface area contributed by atoms with Crippen molar-refractivity contribution < 1.29 is 28.3 Å². The fourth-order valence-corrected chi connectivity index (χ4v) is 2.86.